The number of benzene rings is 3. The number of nitrogens with zero attached hydrogens (tertiary/aromatic N) is 3. The first kappa shape index (κ1) is 24.8. The number of rotatable bonds is 8. The maximum Gasteiger partial charge on any atom is 0.336 e. The number of nitrogens with one attached hydrogen (secondary N) is 2. The molecule has 38 heavy (non-hydrogen) atoms. The van der Waals surface area contributed by atoms with Crippen LogP contribution in [-0.2, 0) is 11.3 Å². The van der Waals surface area contributed by atoms with Gasteiger partial charge < -0.3 is 10.1 Å². The van der Waals surface area contributed by atoms with Crippen molar-refractivity contribution < 1.29 is 9.53 Å². The lowest BCUT2D eigenvalue weighted by Gasteiger charge is -2.15. The van der Waals surface area contributed by atoms with E-state index in [1.165, 1.54) is 0 Å². The van der Waals surface area contributed by atoms with Crippen LogP contribution in [0.4, 0.5) is 0 Å². The zero-order chi connectivity index (χ0) is 26.6. The first-order chi connectivity index (χ1) is 18.4. The van der Waals surface area contributed by atoms with Gasteiger partial charge in [-0.15, -0.1) is 0 Å². The molecule has 0 spiro atoms. The van der Waals surface area contributed by atoms with E-state index in [1.807, 2.05) is 44.3 Å². The van der Waals surface area contributed by atoms with Crippen molar-refractivity contribution >= 4 is 16.8 Å². The fourth-order valence-corrected chi connectivity index (χ4v) is 4.32. The van der Waals surface area contributed by atoms with Crippen LogP contribution in [0.1, 0.15) is 19.4 Å². The monoisotopic (exact) mass is 509 g/mol. The molecule has 0 fully saturated rings. The topological polar surface area (TPSA) is 111 Å². The largest absolute Gasteiger partial charge is 0.484 e. The van der Waals surface area contributed by atoms with Crippen molar-refractivity contribution in [2.75, 3.05) is 6.61 Å². The van der Waals surface area contributed by atoms with Crippen LogP contribution in [0, 0.1) is 0 Å². The van der Waals surface area contributed by atoms with Gasteiger partial charge in [-0.1, -0.05) is 42.5 Å². The van der Waals surface area contributed by atoms with Crippen molar-refractivity contribution in [1.82, 2.24) is 24.6 Å². The van der Waals surface area contributed by atoms with Crippen molar-refractivity contribution in [3.63, 3.8) is 0 Å². The second kappa shape index (κ2) is 10.6. The third-order valence-electron chi connectivity index (χ3n) is 6.07. The lowest BCUT2D eigenvalue weighted by molar-refractivity contribution is -0.123. The van der Waals surface area contributed by atoms with Crippen LogP contribution in [0.3, 0.4) is 0 Å². The Morgan fingerprint density at radius 3 is 2.53 bits per heavy atom. The summed E-state index contributed by atoms with van der Waals surface area (Å²) in [6.07, 6.45) is 3.56. The number of hydrogen-bond acceptors (Lipinski definition) is 5. The number of H-pyrrole nitrogens is 1. The normalized spacial score (nSPS) is 11.1. The zero-order valence-corrected chi connectivity index (χ0v) is 21.0. The third kappa shape index (κ3) is 5.12. The van der Waals surface area contributed by atoms with Gasteiger partial charge in [0, 0.05) is 23.9 Å². The highest BCUT2D eigenvalue weighted by Gasteiger charge is 2.16. The van der Waals surface area contributed by atoms with Crippen LogP contribution in [-0.4, -0.2) is 37.9 Å². The average molecular weight is 510 g/mol. The maximum atomic E-state index is 13.8. The minimum atomic E-state index is -0.470. The van der Waals surface area contributed by atoms with E-state index in [4.69, 9.17) is 4.74 Å². The molecule has 2 heterocycles. The number of amides is 1. The Bertz CT molecular complexity index is 1700. The molecule has 2 N–H and O–H groups in total. The molecule has 9 nitrogen and oxygen atoms in total. The van der Waals surface area contributed by atoms with Gasteiger partial charge in [0.2, 0.25) is 0 Å². The predicted octanol–water partition coefficient (Wildman–Crippen LogP) is 3.49. The Morgan fingerprint density at radius 2 is 1.79 bits per heavy atom. The van der Waals surface area contributed by atoms with E-state index < -0.39 is 11.2 Å². The van der Waals surface area contributed by atoms with Gasteiger partial charge in [0.05, 0.1) is 29.3 Å². The molecule has 0 atom stereocenters. The summed E-state index contributed by atoms with van der Waals surface area (Å²) < 4.78 is 8.36. The van der Waals surface area contributed by atoms with Gasteiger partial charge in [0.1, 0.15) is 5.75 Å². The number of carbonyl (C=O) groups is 1. The van der Waals surface area contributed by atoms with Gasteiger partial charge in [0.15, 0.2) is 6.61 Å². The molecule has 2 aromatic heterocycles. The predicted molar refractivity (Wildman–Crippen MR) is 146 cm³/mol. The minimum Gasteiger partial charge on any atom is -0.484 e. The van der Waals surface area contributed by atoms with Crippen LogP contribution in [0.2, 0.25) is 0 Å². The number of aromatic nitrogens is 4. The molecule has 0 bridgehead atoms. The Balaban J connectivity index is 1.52. The molecule has 192 valence electrons. The van der Waals surface area contributed by atoms with Gasteiger partial charge >= 0.3 is 5.69 Å². The second-order valence-electron chi connectivity index (χ2n) is 9.22. The minimum absolute atomic E-state index is 0.00562. The molecule has 3 aromatic carbocycles. The van der Waals surface area contributed by atoms with Crippen LogP contribution in [0.25, 0.3) is 27.7 Å². The van der Waals surface area contributed by atoms with Crippen molar-refractivity contribution in [3.05, 3.63) is 112 Å². The fraction of sp³-hybridized carbons (Fsp3) is 0.172. The summed E-state index contributed by atoms with van der Waals surface area (Å²) in [6, 6.07) is 21.5. The average Bonchev–Trinajstić information content (AvgIpc) is 3.45. The Morgan fingerprint density at radius 1 is 1.00 bits per heavy atom. The van der Waals surface area contributed by atoms with Gasteiger partial charge in [-0.05, 0) is 49.2 Å². The quantitative estimate of drug-likeness (QED) is 0.333. The van der Waals surface area contributed by atoms with E-state index in [0.29, 0.717) is 22.3 Å². The molecule has 0 saturated heterocycles. The van der Waals surface area contributed by atoms with E-state index in [1.54, 1.807) is 59.3 Å². The summed E-state index contributed by atoms with van der Waals surface area (Å²) in [5, 5.41) is 9.98. The SMILES string of the molecule is CC(C)NC(=O)COc1cccc(-n2c(=O)c3ccccc3n(Cc3ccc(-c4cn[nH]c4)cc3)c2=O)c1. The van der Waals surface area contributed by atoms with E-state index in [2.05, 4.69) is 15.5 Å². The molecular weight excluding hydrogens is 482 g/mol. The summed E-state index contributed by atoms with van der Waals surface area (Å²) >= 11 is 0. The van der Waals surface area contributed by atoms with Crippen molar-refractivity contribution in [2.24, 2.45) is 0 Å². The summed E-state index contributed by atoms with van der Waals surface area (Å²) in [5.41, 5.74) is 2.89. The van der Waals surface area contributed by atoms with Crippen LogP contribution < -0.4 is 21.3 Å². The Hall–Kier alpha value is -4.92. The molecule has 5 rings (SSSR count). The maximum absolute atomic E-state index is 13.8. The summed E-state index contributed by atoms with van der Waals surface area (Å²) in [5.74, 6) is 0.122. The van der Waals surface area contributed by atoms with E-state index in [-0.39, 0.29) is 25.1 Å². The number of fused-ring (bicyclic) bond motifs is 1. The summed E-state index contributed by atoms with van der Waals surface area (Å²) in [7, 11) is 0. The standard InChI is InChI=1S/C29H27N5O4/c1-19(2)32-27(35)18-38-24-7-5-6-23(14-24)34-28(36)25-8-3-4-9-26(25)33(29(34)37)17-20-10-12-21(13-11-20)22-15-30-31-16-22/h3-16,19H,17-18H2,1-2H3,(H,30,31)(H,32,35). The van der Waals surface area contributed by atoms with Crippen molar-refractivity contribution in [3.8, 4) is 22.6 Å². The highest BCUT2D eigenvalue weighted by molar-refractivity contribution is 5.79. The van der Waals surface area contributed by atoms with E-state index >= 15 is 0 Å². The summed E-state index contributed by atoms with van der Waals surface area (Å²) in [6.45, 7) is 3.83. The lowest BCUT2D eigenvalue weighted by Crippen LogP contribution is -2.39. The van der Waals surface area contributed by atoms with Gasteiger partial charge in [-0.2, -0.15) is 5.10 Å². The van der Waals surface area contributed by atoms with Gasteiger partial charge in [-0.3, -0.25) is 19.3 Å². The molecule has 0 aliphatic heterocycles. The van der Waals surface area contributed by atoms with Crippen LogP contribution in [0.5, 0.6) is 5.75 Å². The molecule has 0 saturated carbocycles. The molecular formula is C29H27N5O4. The number of hydrogen-bond donors (Lipinski definition) is 2. The Labute approximate surface area is 218 Å². The van der Waals surface area contributed by atoms with Crippen LogP contribution >= 0.6 is 0 Å². The smallest absolute Gasteiger partial charge is 0.336 e. The van der Waals surface area contributed by atoms with Gasteiger partial charge in [0.25, 0.3) is 11.5 Å². The van der Waals surface area contributed by atoms with Crippen molar-refractivity contribution in [1.29, 1.82) is 0 Å². The lowest BCUT2D eigenvalue weighted by atomic mass is 10.1. The number of carbonyl (C=O) groups excluding carboxylic acids is 1. The molecule has 1 amide bonds. The molecule has 0 unspecified atom stereocenters. The summed E-state index contributed by atoms with van der Waals surface area (Å²) in [4.78, 5) is 39.2. The number of aromatic amines is 1. The fourth-order valence-electron chi connectivity index (χ4n) is 4.32. The highest BCUT2D eigenvalue weighted by Crippen LogP contribution is 2.20. The number of para-hydroxylation sites is 1. The molecule has 0 radical (unpaired) electrons. The number of ether oxygens (including phenoxy) is 1. The second-order valence-corrected chi connectivity index (χ2v) is 9.22. The Kier molecular flexibility index (Phi) is 6.90. The highest BCUT2D eigenvalue weighted by atomic mass is 16.5. The van der Waals surface area contributed by atoms with E-state index in [0.717, 1.165) is 21.3 Å². The molecule has 5 aromatic rings. The first-order valence-electron chi connectivity index (χ1n) is 12.3. The zero-order valence-electron chi connectivity index (χ0n) is 21.0. The van der Waals surface area contributed by atoms with Gasteiger partial charge in [-0.25, -0.2) is 9.36 Å². The molecule has 9 heteroatoms. The molecule has 0 aliphatic carbocycles. The van der Waals surface area contributed by atoms with Crippen molar-refractivity contribution in [2.45, 2.75) is 26.4 Å². The molecule has 0 aliphatic rings. The van der Waals surface area contributed by atoms with Crippen LogP contribution in [0.15, 0.2) is 94.8 Å². The third-order valence-corrected chi connectivity index (χ3v) is 6.07. The first-order valence-corrected chi connectivity index (χ1v) is 12.3. The van der Waals surface area contributed by atoms with E-state index in [9.17, 15) is 14.4 Å².